The van der Waals surface area contributed by atoms with Gasteiger partial charge in [-0.1, -0.05) is 44.9 Å². The molecule has 0 bridgehead atoms. The fraction of sp³-hybridized carbons (Fsp3) is 0.704. The molecule has 0 aliphatic heterocycles. The molecule has 4 atom stereocenters. The SMILES string of the molecule is C[C@H]1CC=C[C@](C)([C@@H]2C[C@H](Cc3cc(O)cc(CCO)c3)CC3(CCCC3)C2)C1. The van der Waals surface area contributed by atoms with E-state index < -0.39 is 0 Å². The summed E-state index contributed by atoms with van der Waals surface area (Å²) in [6, 6.07) is 5.97. The summed E-state index contributed by atoms with van der Waals surface area (Å²) >= 11 is 0. The van der Waals surface area contributed by atoms with Crippen LogP contribution in [0.25, 0.3) is 0 Å². The van der Waals surface area contributed by atoms with Crippen molar-refractivity contribution in [3.05, 3.63) is 41.5 Å². The Morgan fingerprint density at radius 1 is 1.03 bits per heavy atom. The van der Waals surface area contributed by atoms with Crippen LogP contribution in [0.1, 0.15) is 82.8 Å². The predicted molar refractivity (Wildman–Crippen MR) is 120 cm³/mol. The Kier molecular flexibility index (Phi) is 6.11. The van der Waals surface area contributed by atoms with Crippen molar-refractivity contribution in [2.24, 2.45) is 28.6 Å². The van der Waals surface area contributed by atoms with Crippen LogP contribution in [0, 0.1) is 28.6 Å². The molecule has 0 heterocycles. The van der Waals surface area contributed by atoms with Gasteiger partial charge in [-0.05, 0) is 110 Å². The lowest BCUT2D eigenvalue weighted by Gasteiger charge is -2.50. The first-order valence-electron chi connectivity index (χ1n) is 12.0. The van der Waals surface area contributed by atoms with E-state index in [9.17, 15) is 10.2 Å². The molecule has 0 amide bonds. The second-order valence-electron chi connectivity index (χ2n) is 11.1. The minimum Gasteiger partial charge on any atom is -0.508 e. The molecule has 2 heteroatoms. The zero-order valence-electron chi connectivity index (χ0n) is 18.5. The van der Waals surface area contributed by atoms with Gasteiger partial charge >= 0.3 is 0 Å². The molecule has 4 rings (SSSR count). The van der Waals surface area contributed by atoms with Gasteiger partial charge < -0.3 is 10.2 Å². The quantitative estimate of drug-likeness (QED) is 0.562. The topological polar surface area (TPSA) is 40.5 Å². The molecule has 3 aliphatic carbocycles. The van der Waals surface area contributed by atoms with Gasteiger partial charge in [0.25, 0.3) is 0 Å². The molecule has 2 saturated carbocycles. The molecule has 2 N–H and O–H groups in total. The smallest absolute Gasteiger partial charge is 0.116 e. The Labute approximate surface area is 177 Å². The highest BCUT2D eigenvalue weighted by molar-refractivity contribution is 5.34. The van der Waals surface area contributed by atoms with Crippen LogP contribution in [-0.4, -0.2) is 16.8 Å². The number of rotatable bonds is 5. The van der Waals surface area contributed by atoms with E-state index in [1.165, 1.54) is 63.4 Å². The van der Waals surface area contributed by atoms with E-state index in [0.717, 1.165) is 23.8 Å². The maximum atomic E-state index is 10.2. The zero-order chi connectivity index (χ0) is 20.5. The zero-order valence-corrected chi connectivity index (χ0v) is 18.5. The van der Waals surface area contributed by atoms with Gasteiger partial charge in [0.1, 0.15) is 5.75 Å². The fourth-order valence-electron chi connectivity index (χ4n) is 7.22. The molecular weight excluding hydrogens is 356 g/mol. The number of phenolic OH excluding ortho intramolecular Hbond substituents is 1. The summed E-state index contributed by atoms with van der Waals surface area (Å²) in [4.78, 5) is 0. The predicted octanol–water partition coefficient (Wildman–Crippen LogP) is 6.44. The van der Waals surface area contributed by atoms with E-state index >= 15 is 0 Å². The van der Waals surface area contributed by atoms with Crippen molar-refractivity contribution in [3.8, 4) is 5.75 Å². The molecule has 0 radical (unpaired) electrons. The lowest BCUT2D eigenvalue weighted by atomic mass is 9.55. The molecule has 2 fully saturated rings. The molecule has 0 unspecified atom stereocenters. The average Bonchev–Trinajstić information content (AvgIpc) is 3.08. The number of phenols is 1. The molecular formula is C27H40O2. The lowest BCUT2D eigenvalue weighted by Crippen LogP contribution is -2.40. The van der Waals surface area contributed by atoms with Crippen molar-refractivity contribution in [1.29, 1.82) is 0 Å². The summed E-state index contributed by atoms with van der Waals surface area (Å²) < 4.78 is 0. The van der Waals surface area contributed by atoms with Crippen LogP contribution in [0.15, 0.2) is 30.4 Å². The van der Waals surface area contributed by atoms with Gasteiger partial charge in [-0.15, -0.1) is 0 Å². The highest BCUT2D eigenvalue weighted by Crippen LogP contribution is 2.58. The maximum absolute atomic E-state index is 10.2. The van der Waals surface area contributed by atoms with E-state index in [4.69, 9.17) is 0 Å². The number of allylic oxidation sites excluding steroid dienone is 2. The van der Waals surface area contributed by atoms with Crippen molar-refractivity contribution in [1.82, 2.24) is 0 Å². The summed E-state index contributed by atoms with van der Waals surface area (Å²) in [5.74, 6) is 2.65. The van der Waals surface area contributed by atoms with Crippen LogP contribution in [-0.2, 0) is 12.8 Å². The van der Waals surface area contributed by atoms with Crippen LogP contribution >= 0.6 is 0 Å². The number of aromatic hydroxyl groups is 1. The van der Waals surface area contributed by atoms with Crippen LogP contribution in [0.3, 0.4) is 0 Å². The van der Waals surface area contributed by atoms with E-state index in [-0.39, 0.29) is 6.61 Å². The lowest BCUT2D eigenvalue weighted by molar-refractivity contribution is 0.0309. The van der Waals surface area contributed by atoms with E-state index in [0.29, 0.717) is 28.9 Å². The fourth-order valence-corrected chi connectivity index (χ4v) is 7.22. The summed E-state index contributed by atoms with van der Waals surface area (Å²) in [7, 11) is 0. The van der Waals surface area contributed by atoms with Gasteiger partial charge in [-0.2, -0.15) is 0 Å². The summed E-state index contributed by atoms with van der Waals surface area (Å²) in [6.45, 7) is 5.09. The van der Waals surface area contributed by atoms with Gasteiger partial charge in [0.2, 0.25) is 0 Å². The molecule has 29 heavy (non-hydrogen) atoms. The highest BCUT2D eigenvalue weighted by atomic mass is 16.3. The summed E-state index contributed by atoms with van der Waals surface area (Å²) in [5.41, 5.74) is 3.23. The Morgan fingerprint density at radius 3 is 2.52 bits per heavy atom. The summed E-state index contributed by atoms with van der Waals surface area (Å²) in [6.07, 6.45) is 19.1. The third-order valence-corrected chi connectivity index (χ3v) is 8.40. The largest absolute Gasteiger partial charge is 0.508 e. The standard InChI is InChI=1S/C27H40O2/c1-20-6-5-8-26(2,17-20)24-14-23(18-27(19-24)9-3-4-10-27)13-22-12-21(7-11-28)15-25(29)16-22/h5,8,12,15-16,20,23-24,28-29H,3-4,6-7,9-11,13-14,17-19H2,1-2H3/t20-,23-,24+,26-/m0/s1. The number of aliphatic hydroxyl groups excluding tert-OH is 1. The van der Waals surface area contributed by atoms with E-state index in [2.05, 4.69) is 32.1 Å². The first-order chi connectivity index (χ1) is 13.9. The van der Waals surface area contributed by atoms with Gasteiger partial charge in [0.15, 0.2) is 0 Å². The summed E-state index contributed by atoms with van der Waals surface area (Å²) in [5, 5.41) is 19.5. The minimum absolute atomic E-state index is 0.139. The van der Waals surface area contributed by atoms with Crippen molar-refractivity contribution >= 4 is 0 Å². The average molecular weight is 397 g/mol. The number of hydrogen-bond donors (Lipinski definition) is 2. The normalized spacial score (nSPS) is 34.0. The van der Waals surface area contributed by atoms with Crippen molar-refractivity contribution in [2.75, 3.05) is 6.61 Å². The van der Waals surface area contributed by atoms with Crippen molar-refractivity contribution < 1.29 is 10.2 Å². The van der Waals surface area contributed by atoms with Crippen LogP contribution in [0.2, 0.25) is 0 Å². The Morgan fingerprint density at radius 2 is 1.79 bits per heavy atom. The number of hydrogen-bond acceptors (Lipinski definition) is 2. The third kappa shape index (κ3) is 4.74. The van der Waals surface area contributed by atoms with E-state index in [1.54, 1.807) is 6.07 Å². The molecule has 1 aromatic carbocycles. The van der Waals surface area contributed by atoms with Crippen LogP contribution in [0.5, 0.6) is 5.75 Å². The highest BCUT2D eigenvalue weighted by Gasteiger charge is 2.47. The Hall–Kier alpha value is -1.28. The van der Waals surface area contributed by atoms with Crippen LogP contribution < -0.4 is 0 Å². The second-order valence-corrected chi connectivity index (χ2v) is 11.1. The maximum Gasteiger partial charge on any atom is 0.116 e. The first-order valence-corrected chi connectivity index (χ1v) is 12.0. The molecule has 3 aliphatic rings. The monoisotopic (exact) mass is 396 g/mol. The molecule has 2 nitrogen and oxygen atoms in total. The van der Waals surface area contributed by atoms with Crippen LogP contribution in [0.4, 0.5) is 0 Å². The molecule has 0 aromatic heterocycles. The second kappa shape index (κ2) is 8.46. The Balaban J connectivity index is 1.56. The van der Waals surface area contributed by atoms with Crippen molar-refractivity contribution in [2.45, 2.75) is 84.5 Å². The van der Waals surface area contributed by atoms with Gasteiger partial charge in [-0.25, -0.2) is 0 Å². The van der Waals surface area contributed by atoms with Gasteiger partial charge in [0, 0.05) is 6.61 Å². The molecule has 160 valence electrons. The molecule has 0 saturated heterocycles. The molecule has 1 spiro atoms. The Bertz CT molecular complexity index is 730. The van der Waals surface area contributed by atoms with Gasteiger partial charge in [0.05, 0.1) is 0 Å². The third-order valence-electron chi connectivity index (χ3n) is 8.40. The molecule has 1 aromatic rings. The first kappa shape index (κ1) is 21.0. The van der Waals surface area contributed by atoms with E-state index in [1.807, 2.05) is 6.07 Å². The minimum atomic E-state index is 0.139. The number of benzene rings is 1. The number of aliphatic hydroxyl groups is 1. The van der Waals surface area contributed by atoms with Crippen molar-refractivity contribution in [3.63, 3.8) is 0 Å². The van der Waals surface area contributed by atoms with Gasteiger partial charge in [-0.3, -0.25) is 0 Å².